The van der Waals surface area contributed by atoms with E-state index in [0.717, 1.165) is 29.5 Å². The normalized spacial score (nSPS) is 14.6. The molecule has 0 saturated carbocycles. The van der Waals surface area contributed by atoms with Gasteiger partial charge >= 0.3 is 0 Å². The molecular weight excluding hydrogens is 304 g/mol. The van der Waals surface area contributed by atoms with Crippen molar-refractivity contribution in [3.8, 4) is 0 Å². The van der Waals surface area contributed by atoms with E-state index < -0.39 is 0 Å². The fourth-order valence-electron chi connectivity index (χ4n) is 3.41. The lowest BCUT2D eigenvalue weighted by Crippen LogP contribution is -2.21. The van der Waals surface area contributed by atoms with Crippen LogP contribution in [0.5, 0.6) is 0 Å². The fraction of sp³-hybridized carbons (Fsp3) is 0.368. The first kappa shape index (κ1) is 14.6. The molecule has 1 aromatic carbocycles. The predicted octanol–water partition coefficient (Wildman–Crippen LogP) is 3.97. The number of benzene rings is 1. The van der Waals surface area contributed by atoms with E-state index in [4.69, 9.17) is 0 Å². The van der Waals surface area contributed by atoms with Crippen LogP contribution in [0.2, 0.25) is 0 Å². The number of thiophene rings is 1. The minimum absolute atomic E-state index is 0.144. The Morgan fingerprint density at radius 1 is 1.09 bits per heavy atom. The van der Waals surface area contributed by atoms with Gasteiger partial charge in [-0.3, -0.25) is 9.36 Å². The predicted molar refractivity (Wildman–Crippen MR) is 95.3 cm³/mol. The van der Waals surface area contributed by atoms with Gasteiger partial charge in [0.25, 0.3) is 5.56 Å². The number of hydrogen-bond acceptors (Lipinski definition) is 3. The van der Waals surface area contributed by atoms with Crippen LogP contribution in [-0.2, 0) is 25.8 Å². The number of aromatic nitrogens is 2. The summed E-state index contributed by atoms with van der Waals surface area (Å²) in [5.41, 5.74) is 2.68. The zero-order valence-corrected chi connectivity index (χ0v) is 13.9. The van der Waals surface area contributed by atoms with Gasteiger partial charge in [0.1, 0.15) is 4.83 Å². The van der Waals surface area contributed by atoms with Crippen molar-refractivity contribution in [1.82, 2.24) is 9.55 Å². The van der Waals surface area contributed by atoms with Crippen molar-refractivity contribution in [3.63, 3.8) is 0 Å². The molecule has 2 heterocycles. The van der Waals surface area contributed by atoms with E-state index in [9.17, 15) is 4.79 Å². The van der Waals surface area contributed by atoms with Gasteiger partial charge in [-0.1, -0.05) is 36.8 Å². The van der Waals surface area contributed by atoms with Crippen LogP contribution in [0.25, 0.3) is 10.2 Å². The molecule has 3 aromatic rings. The maximum absolute atomic E-state index is 12.9. The fourth-order valence-corrected chi connectivity index (χ4v) is 4.63. The monoisotopic (exact) mass is 324 g/mol. The minimum Gasteiger partial charge on any atom is -0.298 e. The van der Waals surface area contributed by atoms with Crippen molar-refractivity contribution in [2.75, 3.05) is 0 Å². The Hall–Kier alpha value is -1.94. The molecule has 0 N–H and O–H groups in total. The van der Waals surface area contributed by atoms with Gasteiger partial charge in [0.05, 0.1) is 11.7 Å². The van der Waals surface area contributed by atoms with Gasteiger partial charge in [0.15, 0.2) is 0 Å². The molecule has 0 amide bonds. The van der Waals surface area contributed by atoms with Crippen LogP contribution in [0.15, 0.2) is 41.5 Å². The Kier molecular flexibility index (Phi) is 4.00. The Morgan fingerprint density at radius 3 is 2.78 bits per heavy atom. The molecule has 0 fully saturated rings. The van der Waals surface area contributed by atoms with Gasteiger partial charge in [-0.05, 0) is 43.2 Å². The van der Waals surface area contributed by atoms with E-state index in [2.05, 4.69) is 17.1 Å². The zero-order chi connectivity index (χ0) is 15.6. The second-order valence-electron chi connectivity index (χ2n) is 6.22. The van der Waals surface area contributed by atoms with E-state index in [1.54, 1.807) is 22.2 Å². The molecule has 0 bridgehead atoms. The van der Waals surface area contributed by atoms with Crippen molar-refractivity contribution >= 4 is 21.6 Å². The van der Waals surface area contributed by atoms with Gasteiger partial charge in [-0.2, -0.15) is 0 Å². The number of hydrogen-bond donors (Lipinski definition) is 0. The molecule has 0 atom stereocenters. The maximum atomic E-state index is 12.9. The lowest BCUT2D eigenvalue weighted by atomic mass is 10.1. The second kappa shape index (κ2) is 6.28. The van der Waals surface area contributed by atoms with Crippen molar-refractivity contribution in [1.29, 1.82) is 0 Å². The summed E-state index contributed by atoms with van der Waals surface area (Å²) in [4.78, 5) is 19.8. The van der Waals surface area contributed by atoms with Crippen LogP contribution in [0.3, 0.4) is 0 Å². The topological polar surface area (TPSA) is 34.9 Å². The largest absolute Gasteiger partial charge is 0.298 e. The molecule has 2 aromatic heterocycles. The van der Waals surface area contributed by atoms with Gasteiger partial charge in [-0.25, -0.2) is 4.98 Å². The lowest BCUT2D eigenvalue weighted by molar-refractivity contribution is 0.662. The number of aryl methyl sites for hydroxylation is 4. The highest BCUT2D eigenvalue weighted by Gasteiger charge is 2.18. The van der Waals surface area contributed by atoms with E-state index in [1.807, 2.05) is 18.2 Å². The SMILES string of the molecule is O=c1c2c3c(sc2ncn1CCc1ccccc1)CCCCC3. The van der Waals surface area contributed by atoms with Crippen molar-refractivity contribution in [3.05, 3.63) is 63.0 Å². The van der Waals surface area contributed by atoms with E-state index in [0.29, 0.717) is 6.54 Å². The summed E-state index contributed by atoms with van der Waals surface area (Å²) in [6, 6.07) is 10.3. The van der Waals surface area contributed by atoms with E-state index in [-0.39, 0.29) is 5.56 Å². The van der Waals surface area contributed by atoms with Crippen LogP contribution in [0, 0.1) is 0 Å². The average Bonchev–Trinajstić information content (AvgIpc) is 2.78. The molecule has 0 aliphatic heterocycles. The standard InChI is InChI=1S/C19H20N2OS/c22-19-17-15-9-5-2-6-10-16(15)23-18(17)20-13-21(19)12-11-14-7-3-1-4-8-14/h1,3-4,7-8,13H,2,5-6,9-12H2. The van der Waals surface area contributed by atoms with Gasteiger partial charge < -0.3 is 0 Å². The minimum atomic E-state index is 0.144. The van der Waals surface area contributed by atoms with E-state index >= 15 is 0 Å². The highest BCUT2D eigenvalue weighted by atomic mass is 32.1. The number of nitrogens with zero attached hydrogens (tertiary/aromatic N) is 2. The third kappa shape index (κ3) is 2.83. The summed E-state index contributed by atoms with van der Waals surface area (Å²) in [7, 11) is 0. The summed E-state index contributed by atoms with van der Waals surface area (Å²) in [5.74, 6) is 0. The summed E-state index contributed by atoms with van der Waals surface area (Å²) in [6.07, 6.45) is 8.43. The lowest BCUT2D eigenvalue weighted by Gasteiger charge is -2.06. The van der Waals surface area contributed by atoms with E-state index in [1.165, 1.54) is 35.3 Å². The van der Waals surface area contributed by atoms with Gasteiger partial charge in [-0.15, -0.1) is 11.3 Å². The number of fused-ring (bicyclic) bond motifs is 3. The summed E-state index contributed by atoms with van der Waals surface area (Å²) < 4.78 is 1.78. The average molecular weight is 324 g/mol. The molecule has 0 saturated heterocycles. The van der Waals surface area contributed by atoms with Crippen LogP contribution in [-0.4, -0.2) is 9.55 Å². The first-order chi connectivity index (χ1) is 11.3. The Bertz CT molecular complexity index is 880. The van der Waals surface area contributed by atoms with Crippen LogP contribution in [0.1, 0.15) is 35.3 Å². The molecule has 0 radical (unpaired) electrons. The van der Waals surface area contributed by atoms with Crippen LogP contribution >= 0.6 is 11.3 Å². The Morgan fingerprint density at radius 2 is 1.91 bits per heavy atom. The van der Waals surface area contributed by atoms with Gasteiger partial charge in [0.2, 0.25) is 0 Å². The summed E-state index contributed by atoms with van der Waals surface area (Å²) in [5, 5.41) is 0.891. The maximum Gasteiger partial charge on any atom is 0.262 e. The molecule has 0 unspecified atom stereocenters. The second-order valence-corrected chi connectivity index (χ2v) is 7.31. The first-order valence-corrected chi connectivity index (χ1v) is 9.18. The first-order valence-electron chi connectivity index (χ1n) is 8.36. The summed E-state index contributed by atoms with van der Waals surface area (Å²) in [6.45, 7) is 0.691. The Labute approximate surface area is 139 Å². The molecule has 0 spiro atoms. The molecule has 4 rings (SSSR count). The zero-order valence-electron chi connectivity index (χ0n) is 13.1. The van der Waals surface area contributed by atoms with Crippen molar-refractivity contribution < 1.29 is 0 Å². The number of rotatable bonds is 3. The van der Waals surface area contributed by atoms with Gasteiger partial charge in [0, 0.05) is 11.4 Å². The quantitative estimate of drug-likeness (QED) is 0.683. The molecular formula is C19H20N2OS. The van der Waals surface area contributed by atoms with Crippen LogP contribution in [0.4, 0.5) is 0 Å². The summed E-state index contributed by atoms with van der Waals surface area (Å²) >= 11 is 1.73. The third-order valence-electron chi connectivity index (χ3n) is 4.68. The smallest absolute Gasteiger partial charge is 0.262 e. The highest BCUT2D eigenvalue weighted by molar-refractivity contribution is 7.18. The molecule has 23 heavy (non-hydrogen) atoms. The Balaban J connectivity index is 1.70. The highest BCUT2D eigenvalue weighted by Crippen LogP contribution is 2.32. The van der Waals surface area contributed by atoms with Crippen molar-refractivity contribution in [2.45, 2.75) is 45.1 Å². The van der Waals surface area contributed by atoms with Crippen molar-refractivity contribution in [2.24, 2.45) is 0 Å². The third-order valence-corrected chi connectivity index (χ3v) is 5.88. The van der Waals surface area contributed by atoms with Crippen LogP contribution < -0.4 is 5.56 Å². The molecule has 4 heteroatoms. The molecule has 3 nitrogen and oxygen atoms in total. The molecule has 118 valence electrons. The molecule has 1 aliphatic rings. The molecule has 1 aliphatic carbocycles.